The first-order valence-corrected chi connectivity index (χ1v) is 8.17. The van der Waals surface area contributed by atoms with Gasteiger partial charge in [-0.25, -0.2) is 9.97 Å². The number of anilines is 3. The van der Waals surface area contributed by atoms with E-state index in [0.717, 1.165) is 0 Å². The van der Waals surface area contributed by atoms with Gasteiger partial charge >= 0.3 is 0 Å². The number of hydrogen-bond donors (Lipinski definition) is 2. The maximum atomic E-state index is 12.4. The molecule has 0 saturated heterocycles. The zero-order chi connectivity index (χ0) is 18.5. The molecule has 1 aromatic heterocycles. The number of nitriles is 1. The van der Waals surface area contributed by atoms with Crippen LogP contribution in [-0.2, 0) is 0 Å². The molecular weight excluding hydrogens is 373 g/mol. The smallest absolute Gasteiger partial charge is 0.274 e. The van der Waals surface area contributed by atoms with Crippen molar-refractivity contribution in [1.82, 2.24) is 9.97 Å². The van der Waals surface area contributed by atoms with Gasteiger partial charge in [-0.05, 0) is 36.4 Å². The molecule has 128 valence electrons. The summed E-state index contributed by atoms with van der Waals surface area (Å²) in [5.74, 6) is -0.00788. The van der Waals surface area contributed by atoms with Crippen LogP contribution >= 0.6 is 23.2 Å². The summed E-state index contributed by atoms with van der Waals surface area (Å²) in [4.78, 5) is 20.4. The van der Waals surface area contributed by atoms with Crippen molar-refractivity contribution in [3.8, 4) is 6.07 Å². The van der Waals surface area contributed by atoms with Crippen molar-refractivity contribution in [3.63, 3.8) is 0 Å². The van der Waals surface area contributed by atoms with E-state index in [-0.39, 0.29) is 5.69 Å². The van der Waals surface area contributed by atoms with Crippen LogP contribution < -0.4 is 10.6 Å². The van der Waals surface area contributed by atoms with Gasteiger partial charge in [0.15, 0.2) is 0 Å². The lowest BCUT2D eigenvalue weighted by Crippen LogP contribution is -2.14. The van der Waals surface area contributed by atoms with Crippen LogP contribution in [0.1, 0.15) is 16.1 Å². The van der Waals surface area contributed by atoms with Crippen LogP contribution in [0, 0.1) is 11.3 Å². The van der Waals surface area contributed by atoms with Gasteiger partial charge in [0.25, 0.3) is 5.91 Å². The lowest BCUT2D eigenvalue weighted by molar-refractivity contribution is 0.102. The average Bonchev–Trinajstić information content (AvgIpc) is 2.66. The average molecular weight is 384 g/mol. The number of nitrogens with one attached hydrogen (secondary N) is 2. The van der Waals surface area contributed by atoms with Gasteiger partial charge in [-0.15, -0.1) is 0 Å². The topological polar surface area (TPSA) is 90.7 Å². The second kappa shape index (κ2) is 7.83. The van der Waals surface area contributed by atoms with Gasteiger partial charge in [-0.2, -0.15) is 5.26 Å². The summed E-state index contributed by atoms with van der Waals surface area (Å²) in [6.07, 6.45) is 1.27. The van der Waals surface area contributed by atoms with E-state index >= 15 is 0 Å². The quantitative estimate of drug-likeness (QED) is 0.683. The van der Waals surface area contributed by atoms with Crippen LogP contribution in [0.2, 0.25) is 10.0 Å². The molecule has 26 heavy (non-hydrogen) atoms. The number of rotatable bonds is 4. The Morgan fingerprint density at radius 3 is 2.58 bits per heavy atom. The molecule has 1 heterocycles. The van der Waals surface area contributed by atoms with Crippen molar-refractivity contribution in [2.45, 2.75) is 0 Å². The largest absolute Gasteiger partial charge is 0.339 e. The van der Waals surface area contributed by atoms with Crippen LogP contribution in [0.4, 0.5) is 17.2 Å². The molecule has 0 fully saturated rings. The number of amides is 1. The highest BCUT2D eigenvalue weighted by Crippen LogP contribution is 2.31. The molecule has 0 aliphatic carbocycles. The highest BCUT2D eigenvalue weighted by molar-refractivity contribution is 6.43. The predicted octanol–water partition coefficient (Wildman–Crippen LogP) is 4.65. The van der Waals surface area contributed by atoms with Crippen molar-refractivity contribution in [2.24, 2.45) is 0 Å². The molecule has 8 heteroatoms. The minimum absolute atomic E-state index is 0.171. The van der Waals surface area contributed by atoms with Gasteiger partial charge < -0.3 is 10.6 Å². The molecule has 0 saturated carbocycles. The Morgan fingerprint density at radius 2 is 1.85 bits per heavy atom. The zero-order valence-electron chi connectivity index (χ0n) is 13.2. The zero-order valence-corrected chi connectivity index (χ0v) is 14.7. The van der Waals surface area contributed by atoms with Crippen LogP contribution in [0.3, 0.4) is 0 Å². The van der Waals surface area contributed by atoms with Gasteiger partial charge in [-0.3, -0.25) is 4.79 Å². The fourth-order valence-corrected chi connectivity index (χ4v) is 2.46. The van der Waals surface area contributed by atoms with E-state index in [9.17, 15) is 4.79 Å². The summed E-state index contributed by atoms with van der Waals surface area (Å²) in [5.41, 5.74) is 1.80. The Labute approximate surface area is 159 Å². The first kappa shape index (κ1) is 17.7. The van der Waals surface area contributed by atoms with E-state index in [1.807, 2.05) is 6.07 Å². The molecule has 0 aliphatic rings. The first-order valence-electron chi connectivity index (χ1n) is 7.41. The Kier molecular flexibility index (Phi) is 5.32. The van der Waals surface area contributed by atoms with E-state index in [2.05, 4.69) is 20.6 Å². The van der Waals surface area contributed by atoms with Crippen molar-refractivity contribution < 1.29 is 4.79 Å². The van der Waals surface area contributed by atoms with Crippen LogP contribution in [0.15, 0.2) is 54.9 Å². The highest BCUT2D eigenvalue weighted by Gasteiger charge is 2.11. The lowest BCUT2D eigenvalue weighted by Gasteiger charge is -2.09. The summed E-state index contributed by atoms with van der Waals surface area (Å²) in [5, 5.41) is 15.3. The number of carbonyl (C=O) groups is 1. The van der Waals surface area contributed by atoms with Gasteiger partial charge in [0.05, 0.1) is 27.4 Å². The van der Waals surface area contributed by atoms with Crippen molar-refractivity contribution in [3.05, 3.63) is 76.2 Å². The van der Waals surface area contributed by atoms with Gasteiger partial charge in [0, 0.05) is 11.8 Å². The van der Waals surface area contributed by atoms with E-state index in [1.54, 1.807) is 42.5 Å². The molecule has 0 radical (unpaired) electrons. The third kappa shape index (κ3) is 4.09. The number of benzene rings is 2. The molecular formula is C18H11Cl2N5O. The number of aromatic nitrogens is 2. The maximum Gasteiger partial charge on any atom is 0.274 e. The summed E-state index contributed by atoms with van der Waals surface area (Å²) in [6, 6.07) is 15.2. The summed E-state index contributed by atoms with van der Waals surface area (Å²) >= 11 is 12.1. The number of hydrogen-bond acceptors (Lipinski definition) is 5. The van der Waals surface area contributed by atoms with Crippen LogP contribution in [0.5, 0.6) is 0 Å². The van der Waals surface area contributed by atoms with Crippen molar-refractivity contribution >= 4 is 46.3 Å². The first-order chi connectivity index (χ1) is 12.6. The van der Waals surface area contributed by atoms with Crippen molar-refractivity contribution in [1.29, 1.82) is 5.26 Å². The van der Waals surface area contributed by atoms with Crippen LogP contribution in [-0.4, -0.2) is 15.9 Å². The molecule has 0 bridgehead atoms. The molecule has 0 unspecified atom stereocenters. The minimum Gasteiger partial charge on any atom is -0.339 e. The Balaban J connectivity index is 1.76. The standard InChI is InChI=1S/C18H11Cl2N5O/c19-13-2-1-3-14(17(13)20)25-16-8-15(22-10-23-16)18(26)24-12-6-4-11(9-21)5-7-12/h1-8,10H,(H,24,26)(H,22,23,25). The summed E-state index contributed by atoms with van der Waals surface area (Å²) in [6.45, 7) is 0. The third-order valence-electron chi connectivity index (χ3n) is 3.39. The Bertz CT molecular complexity index is 999. The molecule has 2 aromatic carbocycles. The minimum atomic E-state index is -0.405. The predicted molar refractivity (Wildman–Crippen MR) is 101 cm³/mol. The van der Waals surface area contributed by atoms with Gasteiger partial charge in [0.1, 0.15) is 17.8 Å². The van der Waals surface area contributed by atoms with E-state index < -0.39 is 5.91 Å². The van der Waals surface area contributed by atoms with Gasteiger partial charge in [-0.1, -0.05) is 29.3 Å². The number of halogens is 2. The Morgan fingerprint density at radius 1 is 1.08 bits per heavy atom. The third-order valence-corrected chi connectivity index (χ3v) is 4.20. The Hall–Kier alpha value is -3.14. The fraction of sp³-hybridized carbons (Fsp3) is 0. The van der Waals surface area contributed by atoms with E-state index in [4.69, 9.17) is 28.5 Å². The van der Waals surface area contributed by atoms with Crippen molar-refractivity contribution in [2.75, 3.05) is 10.6 Å². The SMILES string of the molecule is N#Cc1ccc(NC(=O)c2cc(Nc3cccc(Cl)c3Cl)ncn2)cc1. The lowest BCUT2D eigenvalue weighted by atomic mass is 10.2. The molecule has 2 N–H and O–H groups in total. The molecule has 0 atom stereocenters. The molecule has 6 nitrogen and oxygen atoms in total. The monoisotopic (exact) mass is 383 g/mol. The molecule has 0 aliphatic heterocycles. The van der Waals surface area contributed by atoms with Gasteiger partial charge in [0.2, 0.25) is 0 Å². The normalized spacial score (nSPS) is 10.0. The fourth-order valence-electron chi connectivity index (χ4n) is 2.11. The maximum absolute atomic E-state index is 12.4. The molecule has 3 rings (SSSR count). The number of carbonyl (C=O) groups excluding carboxylic acids is 1. The van der Waals surface area contributed by atoms with E-state index in [1.165, 1.54) is 12.4 Å². The molecule has 0 spiro atoms. The molecule has 1 amide bonds. The number of nitrogens with zero attached hydrogens (tertiary/aromatic N) is 3. The van der Waals surface area contributed by atoms with Crippen LogP contribution in [0.25, 0.3) is 0 Å². The second-order valence-corrected chi connectivity index (χ2v) is 5.94. The molecule has 3 aromatic rings. The highest BCUT2D eigenvalue weighted by atomic mass is 35.5. The summed E-state index contributed by atoms with van der Waals surface area (Å²) < 4.78 is 0. The second-order valence-electron chi connectivity index (χ2n) is 5.16. The summed E-state index contributed by atoms with van der Waals surface area (Å²) in [7, 11) is 0. The van der Waals surface area contributed by atoms with E-state index in [0.29, 0.717) is 32.8 Å².